The molecule has 0 aliphatic heterocycles. The van der Waals surface area contributed by atoms with Crippen LogP contribution < -0.4 is 4.72 Å². The van der Waals surface area contributed by atoms with Crippen molar-refractivity contribution in [3.8, 4) is 0 Å². The highest BCUT2D eigenvalue weighted by molar-refractivity contribution is 7.89. The van der Waals surface area contributed by atoms with Crippen molar-refractivity contribution >= 4 is 21.6 Å². The molecule has 16 heavy (non-hydrogen) atoms. The van der Waals surface area contributed by atoms with Gasteiger partial charge in [0.05, 0.1) is 4.90 Å². The lowest BCUT2D eigenvalue weighted by Crippen LogP contribution is -2.38. The summed E-state index contributed by atoms with van der Waals surface area (Å²) in [4.78, 5) is 0.309. The zero-order chi connectivity index (χ0) is 11.8. The molecule has 0 amide bonds. The minimum atomic E-state index is -3.42. The number of aryl methyl sites for hydroxylation is 1. The Morgan fingerprint density at radius 2 is 2.12 bits per heavy atom. The number of rotatable bonds is 4. The smallest absolute Gasteiger partial charge is 0.207 e. The van der Waals surface area contributed by atoms with Gasteiger partial charge in [0, 0.05) is 11.4 Å². The molecule has 1 saturated carbocycles. The summed E-state index contributed by atoms with van der Waals surface area (Å²) in [5, 5.41) is 0. The van der Waals surface area contributed by atoms with Crippen LogP contribution in [0.3, 0.4) is 0 Å². The van der Waals surface area contributed by atoms with E-state index in [1.165, 1.54) is 0 Å². The van der Waals surface area contributed by atoms with Crippen molar-refractivity contribution in [2.45, 2.75) is 30.2 Å². The molecule has 0 heterocycles. The minimum Gasteiger partial charge on any atom is -0.207 e. The van der Waals surface area contributed by atoms with Gasteiger partial charge in [0.2, 0.25) is 10.0 Å². The van der Waals surface area contributed by atoms with Crippen LogP contribution in [0.25, 0.3) is 0 Å². The molecule has 1 N–H and O–H groups in total. The van der Waals surface area contributed by atoms with Gasteiger partial charge >= 0.3 is 0 Å². The van der Waals surface area contributed by atoms with E-state index in [4.69, 9.17) is 11.6 Å². The van der Waals surface area contributed by atoms with E-state index in [2.05, 4.69) is 4.72 Å². The summed E-state index contributed by atoms with van der Waals surface area (Å²) in [6.07, 6.45) is 1.64. The second-order valence-corrected chi connectivity index (χ2v) is 6.29. The first kappa shape index (κ1) is 11.9. The van der Waals surface area contributed by atoms with Crippen LogP contribution in [-0.2, 0) is 10.0 Å². The van der Waals surface area contributed by atoms with E-state index < -0.39 is 15.6 Å². The fourth-order valence-corrected chi connectivity index (χ4v) is 3.52. The minimum absolute atomic E-state index is 0.309. The summed E-state index contributed by atoms with van der Waals surface area (Å²) >= 11 is 5.75. The maximum Gasteiger partial charge on any atom is 0.241 e. The highest BCUT2D eigenvalue weighted by atomic mass is 35.5. The van der Waals surface area contributed by atoms with E-state index in [0.29, 0.717) is 10.8 Å². The summed E-state index contributed by atoms with van der Waals surface area (Å²) in [7, 11) is -3.42. The first-order valence-electron chi connectivity index (χ1n) is 5.14. The van der Waals surface area contributed by atoms with Gasteiger partial charge in [-0.2, -0.15) is 0 Å². The Kier molecular flexibility index (Phi) is 2.99. The number of benzene rings is 1. The van der Waals surface area contributed by atoms with Crippen LogP contribution in [0.15, 0.2) is 29.2 Å². The first-order valence-corrected chi connectivity index (χ1v) is 7.16. The maximum absolute atomic E-state index is 12.0. The van der Waals surface area contributed by atoms with Crippen molar-refractivity contribution in [2.24, 2.45) is 0 Å². The summed E-state index contributed by atoms with van der Waals surface area (Å²) in [5.41, 5.74) is 0.531. The van der Waals surface area contributed by atoms with Crippen molar-refractivity contribution in [3.05, 3.63) is 29.8 Å². The Balaban J connectivity index is 2.26. The molecule has 5 heteroatoms. The average molecular weight is 260 g/mol. The Morgan fingerprint density at radius 3 is 2.62 bits per heavy atom. The number of hydrogen-bond donors (Lipinski definition) is 1. The SMILES string of the molecule is Cc1cccc(S(=O)(=O)NC2(CCl)CC2)c1. The zero-order valence-electron chi connectivity index (χ0n) is 9.03. The number of sulfonamides is 1. The summed E-state index contributed by atoms with van der Waals surface area (Å²) in [6, 6.07) is 6.86. The molecule has 88 valence electrons. The van der Waals surface area contributed by atoms with Crippen LogP contribution in [-0.4, -0.2) is 19.8 Å². The van der Waals surface area contributed by atoms with Crippen LogP contribution in [0.4, 0.5) is 0 Å². The highest BCUT2D eigenvalue weighted by Gasteiger charge is 2.45. The predicted octanol–water partition coefficient (Wildman–Crippen LogP) is 2.04. The quantitative estimate of drug-likeness (QED) is 0.842. The number of hydrogen-bond acceptors (Lipinski definition) is 2. The number of nitrogens with one attached hydrogen (secondary N) is 1. The van der Waals surface area contributed by atoms with Crippen LogP contribution in [0.2, 0.25) is 0 Å². The third kappa shape index (κ3) is 2.39. The Hall–Kier alpha value is -0.580. The van der Waals surface area contributed by atoms with E-state index in [0.717, 1.165) is 18.4 Å². The molecule has 0 atom stereocenters. The molecular weight excluding hydrogens is 246 g/mol. The topological polar surface area (TPSA) is 46.2 Å². The summed E-state index contributed by atoms with van der Waals surface area (Å²) in [5.74, 6) is 0.331. The number of alkyl halides is 1. The predicted molar refractivity (Wildman–Crippen MR) is 64.2 cm³/mol. The van der Waals surface area contributed by atoms with E-state index >= 15 is 0 Å². The third-order valence-corrected chi connectivity index (χ3v) is 4.85. The summed E-state index contributed by atoms with van der Waals surface area (Å²) in [6.45, 7) is 1.87. The van der Waals surface area contributed by atoms with Crippen LogP contribution >= 0.6 is 11.6 Å². The molecular formula is C11H14ClNO2S. The lowest BCUT2D eigenvalue weighted by atomic mass is 10.2. The normalized spacial score (nSPS) is 18.4. The monoisotopic (exact) mass is 259 g/mol. The Labute approximate surface area is 101 Å². The third-order valence-electron chi connectivity index (χ3n) is 2.76. The fraction of sp³-hybridized carbons (Fsp3) is 0.455. The molecule has 0 spiro atoms. The van der Waals surface area contributed by atoms with Crippen LogP contribution in [0.5, 0.6) is 0 Å². The molecule has 0 unspecified atom stereocenters. The van der Waals surface area contributed by atoms with E-state index in [1.54, 1.807) is 18.2 Å². The zero-order valence-corrected chi connectivity index (χ0v) is 10.6. The molecule has 0 aromatic heterocycles. The molecule has 0 radical (unpaired) electrons. The van der Waals surface area contributed by atoms with Gasteiger partial charge < -0.3 is 0 Å². The lowest BCUT2D eigenvalue weighted by Gasteiger charge is -2.14. The lowest BCUT2D eigenvalue weighted by molar-refractivity contribution is 0.559. The van der Waals surface area contributed by atoms with E-state index in [1.807, 2.05) is 13.0 Å². The first-order chi connectivity index (χ1) is 7.47. The molecule has 0 bridgehead atoms. The fourth-order valence-electron chi connectivity index (χ4n) is 1.54. The van der Waals surface area contributed by atoms with Gasteiger partial charge in [0.15, 0.2) is 0 Å². The molecule has 0 saturated heterocycles. The van der Waals surface area contributed by atoms with E-state index in [9.17, 15) is 8.42 Å². The molecule has 1 aliphatic carbocycles. The Bertz CT molecular complexity index is 494. The maximum atomic E-state index is 12.0. The van der Waals surface area contributed by atoms with Crippen molar-refractivity contribution < 1.29 is 8.42 Å². The Morgan fingerprint density at radius 1 is 1.44 bits per heavy atom. The van der Waals surface area contributed by atoms with Gasteiger partial charge in [-0.1, -0.05) is 12.1 Å². The van der Waals surface area contributed by atoms with Gasteiger partial charge in [0.1, 0.15) is 0 Å². The highest BCUT2D eigenvalue weighted by Crippen LogP contribution is 2.37. The van der Waals surface area contributed by atoms with Gasteiger partial charge in [-0.15, -0.1) is 11.6 Å². The molecule has 1 aromatic rings. The van der Waals surface area contributed by atoms with Crippen molar-refractivity contribution in [1.82, 2.24) is 4.72 Å². The van der Waals surface area contributed by atoms with Gasteiger partial charge in [-0.25, -0.2) is 13.1 Å². The van der Waals surface area contributed by atoms with E-state index in [-0.39, 0.29) is 0 Å². The van der Waals surface area contributed by atoms with Crippen LogP contribution in [0, 0.1) is 6.92 Å². The molecule has 1 aliphatic rings. The second kappa shape index (κ2) is 4.02. The second-order valence-electron chi connectivity index (χ2n) is 4.34. The largest absolute Gasteiger partial charge is 0.241 e. The standard InChI is InChI=1S/C11H14ClNO2S/c1-9-3-2-4-10(7-9)16(14,15)13-11(8-12)5-6-11/h2-4,7,13H,5-6,8H2,1H3. The molecule has 3 nitrogen and oxygen atoms in total. The van der Waals surface area contributed by atoms with Crippen molar-refractivity contribution in [1.29, 1.82) is 0 Å². The van der Waals surface area contributed by atoms with Gasteiger partial charge in [-0.3, -0.25) is 0 Å². The van der Waals surface area contributed by atoms with Gasteiger partial charge in [0.25, 0.3) is 0 Å². The van der Waals surface area contributed by atoms with Crippen LogP contribution in [0.1, 0.15) is 18.4 Å². The average Bonchev–Trinajstić information content (AvgIpc) is 2.98. The van der Waals surface area contributed by atoms with Crippen molar-refractivity contribution in [3.63, 3.8) is 0 Å². The molecule has 1 aromatic carbocycles. The molecule has 1 fully saturated rings. The number of halogens is 1. The van der Waals surface area contributed by atoms with Gasteiger partial charge in [-0.05, 0) is 37.5 Å². The van der Waals surface area contributed by atoms with Crippen molar-refractivity contribution in [2.75, 3.05) is 5.88 Å². The summed E-state index contributed by atoms with van der Waals surface area (Å²) < 4.78 is 26.7. The molecule has 2 rings (SSSR count).